The fourth-order valence-electron chi connectivity index (χ4n) is 4.25. The number of benzene rings is 1. The van der Waals surface area contributed by atoms with Crippen LogP contribution in [0.5, 0.6) is 0 Å². The molecule has 0 spiro atoms. The second-order valence-electron chi connectivity index (χ2n) is 8.38. The van der Waals surface area contributed by atoms with E-state index in [9.17, 15) is 9.90 Å². The van der Waals surface area contributed by atoms with Gasteiger partial charge in [0.1, 0.15) is 12.4 Å². The number of carbonyl (C=O) groups excluding carboxylic acids is 1. The van der Waals surface area contributed by atoms with Gasteiger partial charge in [-0.25, -0.2) is 19.9 Å². The number of nitrogens with zero attached hydrogens (tertiary/aromatic N) is 6. The lowest BCUT2D eigenvalue weighted by Crippen LogP contribution is -2.43. The molecule has 0 bridgehead atoms. The van der Waals surface area contributed by atoms with E-state index in [4.69, 9.17) is 27.3 Å². The summed E-state index contributed by atoms with van der Waals surface area (Å²) in [5.41, 5.74) is 8.25. The molecule has 4 heterocycles. The molecule has 1 aliphatic rings. The molecule has 0 unspecified atom stereocenters. The maximum absolute atomic E-state index is 12.1. The fraction of sp³-hybridized carbons (Fsp3) is 0.409. The van der Waals surface area contributed by atoms with Crippen molar-refractivity contribution in [2.75, 3.05) is 18.8 Å². The van der Waals surface area contributed by atoms with Crippen LogP contribution in [0.25, 0.3) is 21.4 Å². The third-order valence-corrected chi connectivity index (χ3v) is 8.68. The Kier molecular flexibility index (Phi) is 6.61. The first-order valence-corrected chi connectivity index (χ1v) is 13.1. The van der Waals surface area contributed by atoms with Crippen LogP contribution in [0, 0.1) is 5.92 Å². The Morgan fingerprint density at radius 2 is 2.12 bits per heavy atom. The molecule has 34 heavy (non-hydrogen) atoms. The summed E-state index contributed by atoms with van der Waals surface area (Å²) >= 11 is 9.35. The topological polar surface area (TPSA) is 123 Å². The van der Waals surface area contributed by atoms with Crippen LogP contribution in [0.2, 0.25) is 5.02 Å². The molecule has 1 atom stereocenters. The highest BCUT2D eigenvalue weighted by molar-refractivity contribution is 8.01. The van der Waals surface area contributed by atoms with Gasteiger partial charge in [-0.2, -0.15) is 0 Å². The molecular formula is C22H24ClN7O2S2. The van der Waals surface area contributed by atoms with Gasteiger partial charge in [0.2, 0.25) is 0 Å². The van der Waals surface area contributed by atoms with Crippen molar-refractivity contribution < 1.29 is 9.90 Å². The summed E-state index contributed by atoms with van der Waals surface area (Å²) in [7, 11) is 0. The number of hydrogen-bond donors (Lipinski definition) is 2. The Balaban J connectivity index is 1.36. The number of piperidine rings is 1. The number of thiazole rings is 1. The van der Waals surface area contributed by atoms with Crippen molar-refractivity contribution >= 4 is 67.8 Å². The molecule has 3 aromatic heterocycles. The summed E-state index contributed by atoms with van der Waals surface area (Å²) in [5.74, 6) is 0.623. The summed E-state index contributed by atoms with van der Waals surface area (Å²) in [6, 6.07) is 5.70. The molecule has 0 saturated carbocycles. The maximum atomic E-state index is 12.1. The monoisotopic (exact) mass is 517 g/mol. The minimum Gasteiger partial charge on any atom is -0.384 e. The number of aliphatic hydroxyl groups is 1. The quantitative estimate of drug-likeness (QED) is 0.395. The number of rotatable bonds is 6. The highest BCUT2D eigenvalue weighted by Gasteiger charge is 2.26. The van der Waals surface area contributed by atoms with Crippen LogP contribution in [-0.4, -0.2) is 59.6 Å². The SMILES string of the molecule is C[C@H](O)C(=O)N1CCC(CCn2c(Sc3nc4cccc(Cl)c4s3)nc3c(N)ncnc32)CC1. The van der Waals surface area contributed by atoms with Crippen molar-refractivity contribution in [3.63, 3.8) is 0 Å². The van der Waals surface area contributed by atoms with Crippen LogP contribution in [0.3, 0.4) is 0 Å². The molecular weight excluding hydrogens is 494 g/mol. The normalized spacial score (nSPS) is 15.9. The molecule has 178 valence electrons. The number of imidazole rings is 1. The Morgan fingerprint density at radius 3 is 2.85 bits per heavy atom. The van der Waals surface area contributed by atoms with E-state index in [0.717, 1.165) is 45.5 Å². The van der Waals surface area contributed by atoms with Gasteiger partial charge in [-0.15, -0.1) is 11.3 Å². The lowest BCUT2D eigenvalue weighted by atomic mass is 9.93. The zero-order valence-corrected chi connectivity index (χ0v) is 20.9. The number of aromatic nitrogens is 5. The molecule has 1 saturated heterocycles. The number of fused-ring (bicyclic) bond motifs is 2. The van der Waals surface area contributed by atoms with E-state index in [1.807, 2.05) is 18.2 Å². The Bertz CT molecular complexity index is 1350. The predicted molar refractivity (Wildman–Crippen MR) is 134 cm³/mol. The van der Waals surface area contributed by atoms with E-state index in [1.54, 1.807) is 4.90 Å². The van der Waals surface area contributed by atoms with Gasteiger partial charge in [-0.3, -0.25) is 4.79 Å². The molecule has 5 rings (SSSR count). The van der Waals surface area contributed by atoms with E-state index >= 15 is 0 Å². The van der Waals surface area contributed by atoms with E-state index in [0.29, 0.717) is 41.0 Å². The Hall–Kier alpha value is -2.47. The van der Waals surface area contributed by atoms with Crippen LogP contribution < -0.4 is 5.73 Å². The molecule has 0 radical (unpaired) electrons. The first kappa shape index (κ1) is 23.3. The number of carbonyl (C=O) groups is 1. The smallest absolute Gasteiger partial charge is 0.251 e. The van der Waals surface area contributed by atoms with E-state index in [-0.39, 0.29) is 5.91 Å². The highest BCUT2D eigenvalue weighted by atomic mass is 35.5. The second-order valence-corrected chi connectivity index (χ2v) is 11.0. The summed E-state index contributed by atoms with van der Waals surface area (Å²) in [5, 5.41) is 11.0. The van der Waals surface area contributed by atoms with Crippen LogP contribution in [0.15, 0.2) is 34.0 Å². The summed E-state index contributed by atoms with van der Waals surface area (Å²) in [4.78, 5) is 31.8. The number of hydrogen-bond acceptors (Lipinski definition) is 9. The third-order valence-electron chi connectivity index (χ3n) is 6.10. The number of amides is 1. The second kappa shape index (κ2) is 9.65. The highest BCUT2D eigenvalue weighted by Crippen LogP contribution is 2.38. The zero-order valence-electron chi connectivity index (χ0n) is 18.5. The fourth-order valence-corrected chi connectivity index (χ4v) is 6.60. The summed E-state index contributed by atoms with van der Waals surface area (Å²) in [6.07, 6.45) is 3.24. The number of aliphatic hydroxyl groups excluding tert-OH is 1. The van der Waals surface area contributed by atoms with Crippen molar-refractivity contribution in [2.24, 2.45) is 5.92 Å². The average Bonchev–Trinajstić information content (AvgIpc) is 3.40. The Labute approximate surface area is 209 Å². The van der Waals surface area contributed by atoms with Crippen LogP contribution in [0.1, 0.15) is 26.2 Å². The van der Waals surface area contributed by atoms with Crippen molar-refractivity contribution in [1.82, 2.24) is 29.4 Å². The standard InChI is InChI=1S/C22H24ClN7O2S2/c1-12(31)20(32)29-8-5-13(6-9-29)7-10-30-19-16(18(24)25-11-26-19)28-21(30)34-22-27-15-4-2-3-14(23)17(15)33-22/h2-4,11-13,31H,5-10H2,1H3,(H2,24,25,26)/t12-/m0/s1. The van der Waals surface area contributed by atoms with Gasteiger partial charge in [0.25, 0.3) is 5.91 Å². The lowest BCUT2D eigenvalue weighted by molar-refractivity contribution is -0.140. The third kappa shape index (κ3) is 4.57. The molecule has 3 N–H and O–H groups in total. The van der Waals surface area contributed by atoms with Gasteiger partial charge in [0.05, 0.1) is 15.2 Å². The summed E-state index contributed by atoms with van der Waals surface area (Å²) < 4.78 is 3.88. The molecule has 4 aromatic rings. The maximum Gasteiger partial charge on any atom is 0.251 e. The minimum absolute atomic E-state index is 0.194. The molecule has 1 fully saturated rings. The molecule has 12 heteroatoms. The van der Waals surface area contributed by atoms with Crippen molar-refractivity contribution in [3.8, 4) is 0 Å². The number of likely N-dealkylation sites (tertiary alicyclic amines) is 1. The number of nitrogens with two attached hydrogens (primary N) is 1. The zero-order chi connectivity index (χ0) is 23.8. The van der Waals surface area contributed by atoms with Gasteiger partial charge >= 0.3 is 0 Å². The van der Waals surface area contributed by atoms with Gasteiger partial charge in [-0.1, -0.05) is 17.7 Å². The molecule has 1 aliphatic heterocycles. The van der Waals surface area contributed by atoms with E-state index < -0.39 is 6.10 Å². The minimum atomic E-state index is -0.948. The molecule has 1 aromatic carbocycles. The van der Waals surface area contributed by atoms with Crippen LogP contribution in [0.4, 0.5) is 5.82 Å². The Morgan fingerprint density at radius 1 is 1.32 bits per heavy atom. The number of halogens is 1. The first-order valence-electron chi connectivity index (χ1n) is 11.1. The average molecular weight is 518 g/mol. The van der Waals surface area contributed by atoms with E-state index in [2.05, 4.69) is 14.5 Å². The van der Waals surface area contributed by atoms with Crippen LogP contribution >= 0.6 is 34.7 Å². The van der Waals surface area contributed by atoms with Crippen molar-refractivity contribution in [3.05, 3.63) is 29.5 Å². The molecule has 0 aliphatic carbocycles. The predicted octanol–water partition coefficient (Wildman–Crippen LogP) is 3.83. The first-order chi connectivity index (χ1) is 16.4. The largest absolute Gasteiger partial charge is 0.384 e. The number of anilines is 1. The number of aryl methyl sites for hydroxylation is 1. The molecule has 9 nitrogen and oxygen atoms in total. The van der Waals surface area contributed by atoms with Crippen molar-refractivity contribution in [2.45, 2.75) is 48.3 Å². The van der Waals surface area contributed by atoms with Crippen molar-refractivity contribution in [1.29, 1.82) is 0 Å². The summed E-state index contributed by atoms with van der Waals surface area (Å²) in [6.45, 7) is 3.57. The van der Waals surface area contributed by atoms with E-state index in [1.165, 1.54) is 36.3 Å². The lowest BCUT2D eigenvalue weighted by Gasteiger charge is -2.32. The number of nitrogen functional groups attached to an aromatic ring is 1. The van der Waals surface area contributed by atoms with Gasteiger partial charge < -0.3 is 20.3 Å². The molecule has 1 amide bonds. The van der Waals surface area contributed by atoms with Gasteiger partial charge in [-0.05, 0) is 56.0 Å². The van der Waals surface area contributed by atoms with Gasteiger partial charge in [0.15, 0.2) is 26.5 Å². The van der Waals surface area contributed by atoms with Gasteiger partial charge in [0, 0.05) is 19.6 Å². The van der Waals surface area contributed by atoms with Crippen LogP contribution in [-0.2, 0) is 11.3 Å².